The first kappa shape index (κ1) is 15.1. The van der Waals surface area contributed by atoms with Crippen molar-refractivity contribution in [2.45, 2.75) is 19.8 Å². The molecule has 1 aliphatic rings. The second-order valence-electron chi connectivity index (χ2n) is 5.78. The Morgan fingerprint density at radius 1 is 1.17 bits per heavy atom. The third-order valence-electron chi connectivity index (χ3n) is 3.71. The van der Waals surface area contributed by atoms with Crippen LogP contribution in [0.3, 0.4) is 0 Å². The Morgan fingerprint density at radius 3 is 2.61 bits per heavy atom. The molecule has 0 unspecified atom stereocenters. The molecule has 0 saturated carbocycles. The quantitative estimate of drug-likeness (QED) is 0.913. The van der Waals surface area contributed by atoms with Crippen molar-refractivity contribution in [3.8, 4) is 5.75 Å². The summed E-state index contributed by atoms with van der Waals surface area (Å²) in [4.78, 5) is 23.6. The maximum absolute atomic E-state index is 12.3. The van der Waals surface area contributed by atoms with Crippen LogP contribution in [0.25, 0.3) is 0 Å². The molecule has 0 radical (unpaired) electrons. The molecule has 118 valence electrons. The summed E-state index contributed by atoms with van der Waals surface area (Å²) < 4.78 is 5.33. The van der Waals surface area contributed by atoms with E-state index < -0.39 is 0 Å². The molecule has 0 aromatic heterocycles. The summed E-state index contributed by atoms with van der Waals surface area (Å²) in [6.45, 7) is 4.22. The Kier molecular flexibility index (Phi) is 4.02. The highest BCUT2D eigenvalue weighted by atomic mass is 16.5. The standard InChI is InChI=1S/C18H18N2O3/c1-11(2)12-3-6-14(7-4-12)19-18(22)13-5-8-15-16(9-13)23-10-17(21)20-15/h3-9,11H,10H2,1-2H3,(H,19,22)(H,20,21). The molecule has 0 saturated heterocycles. The van der Waals surface area contributed by atoms with E-state index in [1.54, 1.807) is 18.2 Å². The molecular weight excluding hydrogens is 292 g/mol. The lowest BCUT2D eigenvalue weighted by Gasteiger charge is -2.18. The Balaban J connectivity index is 1.74. The number of carbonyl (C=O) groups excluding carboxylic acids is 2. The zero-order chi connectivity index (χ0) is 16.4. The van der Waals surface area contributed by atoms with Crippen LogP contribution in [-0.4, -0.2) is 18.4 Å². The minimum atomic E-state index is -0.217. The largest absolute Gasteiger partial charge is 0.482 e. The number of amides is 2. The van der Waals surface area contributed by atoms with Gasteiger partial charge in [0.15, 0.2) is 6.61 Å². The van der Waals surface area contributed by atoms with E-state index in [9.17, 15) is 9.59 Å². The Morgan fingerprint density at radius 2 is 1.91 bits per heavy atom. The van der Waals surface area contributed by atoms with Crippen LogP contribution in [0.5, 0.6) is 5.75 Å². The fourth-order valence-corrected chi connectivity index (χ4v) is 2.37. The summed E-state index contributed by atoms with van der Waals surface area (Å²) in [5.41, 5.74) is 3.03. The molecule has 1 heterocycles. The van der Waals surface area contributed by atoms with Gasteiger partial charge < -0.3 is 15.4 Å². The van der Waals surface area contributed by atoms with E-state index in [1.165, 1.54) is 5.56 Å². The van der Waals surface area contributed by atoms with Crippen molar-refractivity contribution in [2.75, 3.05) is 17.2 Å². The van der Waals surface area contributed by atoms with Gasteiger partial charge in [0.25, 0.3) is 11.8 Å². The highest BCUT2D eigenvalue weighted by Crippen LogP contribution is 2.28. The molecule has 1 aliphatic heterocycles. The first-order valence-electron chi connectivity index (χ1n) is 7.51. The highest BCUT2D eigenvalue weighted by molar-refractivity contribution is 6.05. The van der Waals surface area contributed by atoms with Crippen LogP contribution in [-0.2, 0) is 4.79 Å². The second-order valence-corrected chi connectivity index (χ2v) is 5.78. The monoisotopic (exact) mass is 310 g/mol. The van der Waals surface area contributed by atoms with Gasteiger partial charge >= 0.3 is 0 Å². The van der Waals surface area contributed by atoms with Crippen LogP contribution in [0.15, 0.2) is 42.5 Å². The van der Waals surface area contributed by atoms with Gasteiger partial charge in [0.2, 0.25) is 0 Å². The van der Waals surface area contributed by atoms with Crippen LogP contribution in [0, 0.1) is 0 Å². The average Bonchev–Trinajstić information content (AvgIpc) is 2.54. The van der Waals surface area contributed by atoms with Gasteiger partial charge in [0.1, 0.15) is 5.75 Å². The van der Waals surface area contributed by atoms with E-state index in [0.29, 0.717) is 22.9 Å². The van der Waals surface area contributed by atoms with Crippen LogP contribution in [0.4, 0.5) is 11.4 Å². The van der Waals surface area contributed by atoms with Crippen molar-refractivity contribution in [1.29, 1.82) is 0 Å². The number of carbonyl (C=O) groups is 2. The van der Waals surface area contributed by atoms with Gasteiger partial charge in [0, 0.05) is 11.3 Å². The van der Waals surface area contributed by atoms with E-state index in [-0.39, 0.29) is 18.4 Å². The lowest BCUT2D eigenvalue weighted by molar-refractivity contribution is -0.118. The molecule has 2 N–H and O–H groups in total. The number of fused-ring (bicyclic) bond motifs is 1. The fourth-order valence-electron chi connectivity index (χ4n) is 2.37. The summed E-state index contributed by atoms with van der Waals surface area (Å²) in [7, 11) is 0. The zero-order valence-corrected chi connectivity index (χ0v) is 13.1. The Bertz CT molecular complexity index is 751. The lowest BCUT2D eigenvalue weighted by Crippen LogP contribution is -2.25. The number of rotatable bonds is 3. The van der Waals surface area contributed by atoms with Gasteiger partial charge in [-0.2, -0.15) is 0 Å². The number of ether oxygens (including phenoxy) is 1. The van der Waals surface area contributed by atoms with E-state index in [0.717, 1.165) is 5.69 Å². The van der Waals surface area contributed by atoms with Crippen LogP contribution < -0.4 is 15.4 Å². The van der Waals surface area contributed by atoms with Gasteiger partial charge in [-0.05, 0) is 41.8 Å². The maximum Gasteiger partial charge on any atom is 0.262 e. The molecule has 5 nitrogen and oxygen atoms in total. The fraction of sp³-hybridized carbons (Fsp3) is 0.222. The molecule has 0 spiro atoms. The highest BCUT2D eigenvalue weighted by Gasteiger charge is 2.17. The summed E-state index contributed by atoms with van der Waals surface area (Å²) in [6.07, 6.45) is 0. The van der Waals surface area contributed by atoms with Gasteiger partial charge in [-0.3, -0.25) is 9.59 Å². The zero-order valence-electron chi connectivity index (χ0n) is 13.1. The molecule has 0 atom stereocenters. The number of anilines is 2. The predicted octanol–water partition coefficient (Wildman–Crippen LogP) is 3.39. The van der Waals surface area contributed by atoms with Gasteiger partial charge in [0.05, 0.1) is 5.69 Å². The van der Waals surface area contributed by atoms with Gasteiger partial charge in [-0.15, -0.1) is 0 Å². The number of hydrogen-bond acceptors (Lipinski definition) is 3. The lowest BCUT2D eigenvalue weighted by atomic mass is 10.0. The van der Waals surface area contributed by atoms with E-state index >= 15 is 0 Å². The van der Waals surface area contributed by atoms with Crippen LogP contribution in [0.1, 0.15) is 35.7 Å². The predicted molar refractivity (Wildman–Crippen MR) is 89.1 cm³/mol. The number of nitrogens with one attached hydrogen (secondary N) is 2. The SMILES string of the molecule is CC(C)c1ccc(NC(=O)c2ccc3c(c2)OCC(=O)N3)cc1. The van der Waals surface area contributed by atoms with E-state index in [1.807, 2.05) is 24.3 Å². The van der Waals surface area contributed by atoms with E-state index in [4.69, 9.17) is 4.74 Å². The summed E-state index contributed by atoms with van der Waals surface area (Å²) in [6, 6.07) is 12.8. The molecule has 5 heteroatoms. The summed E-state index contributed by atoms with van der Waals surface area (Å²) in [5, 5.41) is 5.55. The minimum Gasteiger partial charge on any atom is -0.482 e. The van der Waals surface area contributed by atoms with Crippen molar-refractivity contribution < 1.29 is 14.3 Å². The molecule has 3 rings (SSSR count). The summed E-state index contributed by atoms with van der Waals surface area (Å²) >= 11 is 0. The molecule has 2 aromatic rings. The smallest absolute Gasteiger partial charge is 0.262 e. The van der Waals surface area contributed by atoms with Gasteiger partial charge in [-0.1, -0.05) is 26.0 Å². The molecule has 2 aromatic carbocycles. The normalized spacial score (nSPS) is 13.1. The van der Waals surface area contributed by atoms with Crippen molar-refractivity contribution in [1.82, 2.24) is 0 Å². The minimum absolute atomic E-state index is 0.0330. The molecule has 0 fully saturated rings. The van der Waals surface area contributed by atoms with E-state index in [2.05, 4.69) is 24.5 Å². The molecule has 0 aliphatic carbocycles. The van der Waals surface area contributed by atoms with Gasteiger partial charge in [-0.25, -0.2) is 0 Å². The topological polar surface area (TPSA) is 67.4 Å². The third kappa shape index (κ3) is 3.34. The van der Waals surface area contributed by atoms with Crippen LogP contribution in [0.2, 0.25) is 0 Å². The maximum atomic E-state index is 12.3. The van der Waals surface area contributed by atoms with Crippen molar-refractivity contribution in [3.05, 3.63) is 53.6 Å². The first-order valence-corrected chi connectivity index (χ1v) is 7.51. The number of hydrogen-bond donors (Lipinski definition) is 2. The Labute approximate surface area is 134 Å². The average molecular weight is 310 g/mol. The summed E-state index contributed by atoms with van der Waals surface area (Å²) in [5.74, 6) is 0.547. The van der Waals surface area contributed by atoms with Crippen LogP contribution >= 0.6 is 0 Å². The Hall–Kier alpha value is -2.82. The molecule has 2 amide bonds. The number of benzene rings is 2. The van der Waals surface area contributed by atoms with Crippen molar-refractivity contribution in [3.63, 3.8) is 0 Å². The molecular formula is C18H18N2O3. The molecule has 23 heavy (non-hydrogen) atoms. The molecule has 0 bridgehead atoms. The first-order chi connectivity index (χ1) is 11.0. The van der Waals surface area contributed by atoms with Crippen molar-refractivity contribution >= 4 is 23.2 Å². The second kappa shape index (κ2) is 6.12. The van der Waals surface area contributed by atoms with Crippen molar-refractivity contribution in [2.24, 2.45) is 0 Å². The third-order valence-corrected chi connectivity index (χ3v) is 3.71.